The van der Waals surface area contributed by atoms with E-state index in [-0.39, 0.29) is 49.9 Å². The molecule has 0 atom stereocenters. The number of ether oxygens (including phenoxy) is 2. The number of nitrogens with zero attached hydrogens (tertiary/aromatic N) is 4. The van der Waals surface area contributed by atoms with E-state index in [1.54, 1.807) is 24.3 Å². The summed E-state index contributed by atoms with van der Waals surface area (Å²) < 4.78 is 115. The molecular formula is C41H33ClF4N6O8S2. The Labute approximate surface area is 357 Å². The minimum absolute atomic E-state index is 0.0649. The van der Waals surface area contributed by atoms with Gasteiger partial charge >= 0.3 is 18.2 Å². The number of hydrazine groups is 1. The number of benzene rings is 4. The minimum Gasteiger partial charge on any atom is -0.495 e. The lowest BCUT2D eigenvalue weighted by molar-refractivity contribution is -0.153. The summed E-state index contributed by atoms with van der Waals surface area (Å²) in [7, 11) is -7.06. The maximum atomic E-state index is 14.2. The van der Waals surface area contributed by atoms with Gasteiger partial charge in [0.25, 0.3) is 0 Å². The van der Waals surface area contributed by atoms with Gasteiger partial charge in [0.2, 0.25) is 19.7 Å². The van der Waals surface area contributed by atoms with Crippen LogP contribution in [0.5, 0.6) is 11.5 Å². The Balaban J connectivity index is 1.26. The smallest absolute Gasteiger partial charge is 0.422 e. The quantitative estimate of drug-likeness (QED) is 0.0648. The molecule has 322 valence electrons. The highest BCUT2D eigenvalue weighted by atomic mass is 35.5. The average molecular weight is 913 g/mol. The lowest BCUT2D eigenvalue weighted by Gasteiger charge is -2.35. The van der Waals surface area contributed by atoms with Crippen LogP contribution in [0.3, 0.4) is 0 Å². The van der Waals surface area contributed by atoms with Gasteiger partial charge in [-0.2, -0.15) is 13.2 Å². The highest BCUT2D eigenvalue weighted by Crippen LogP contribution is 2.32. The molecule has 0 unspecified atom stereocenters. The molecule has 0 radical (unpaired) electrons. The monoisotopic (exact) mass is 912 g/mol. The molecule has 62 heavy (non-hydrogen) atoms. The number of urea groups is 2. The van der Waals surface area contributed by atoms with Crippen LogP contribution >= 0.6 is 11.6 Å². The predicted octanol–water partition coefficient (Wildman–Crippen LogP) is 8.57. The number of hydrogen-bond donors (Lipinski definition) is 2. The van der Waals surface area contributed by atoms with Crippen molar-refractivity contribution in [3.05, 3.63) is 156 Å². The molecule has 21 heteroatoms. The Bertz CT molecular complexity index is 2770. The summed E-state index contributed by atoms with van der Waals surface area (Å²) in [5.41, 5.74) is 1.24. The molecule has 4 aromatic carbocycles. The highest BCUT2D eigenvalue weighted by molar-refractivity contribution is 7.91. The number of sulfone groups is 2. The van der Waals surface area contributed by atoms with Crippen LogP contribution in [-0.4, -0.2) is 68.8 Å². The second-order valence-electron chi connectivity index (χ2n) is 13.0. The first-order valence-corrected chi connectivity index (χ1v) is 21.3. The standard InChI is InChI=1S/C41H33ClF4N6O8S2/c1-59-37-17-15-33(20-35(37)42)61(55,56)31-10-6-29(7-11-31)49-39(53)51(24-27-4-2-18-47-22-27)52(25-28-5-3-19-48-23-28)40(54)50-30-8-12-32(13-9-30)62(57,58)34-14-16-36(43)38(21-34)60-26-41(44,45)46/h2-23H,24-26H2,1H3,(H,49,53)(H,50,54). The first-order valence-electron chi connectivity index (χ1n) is 17.9. The predicted molar refractivity (Wildman–Crippen MR) is 217 cm³/mol. The van der Waals surface area contributed by atoms with Crippen molar-refractivity contribution in [3.8, 4) is 11.5 Å². The van der Waals surface area contributed by atoms with Crippen LogP contribution in [0, 0.1) is 5.82 Å². The number of amides is 4. The van der Waals surface area contributed by atoms with Crippen LogP contribution in [0.2, 0.25) is 5.02 Å². The fraction of sp³-hybridized carbons (Fsp3) is 0.122. The summed E-state index contributed by atoms with van der Waals surface area (Å²) in [5.74, 6) is -1.83. The molecule has 6 rings (SSSR count). The van der Waals surface area contributed by atoms with Crippen molar-refractivity contribution in [1.29, 1.82) is 0 Å². The summed E-state index contributed by atoms with van der Waals surface area (Å²) in [4.78, 5) is 35.5. The van der Waals surface area contributed by atoms with Gasteiger partial charge in [-0.05, 0) is 102 Å². The molecule has 0 bridgehead atoms. The first-order chi connectivity index (χ1) is 29.4. The number of pyridine rings is 2. The van der Waals surface area contributed by atoms with Crippen molar-refractivity contribution in [2.45, 2.75) is 38.8 Å². The molecule has 14 nitrogen and oxygen atoms in total. The number of hydrogen-bond acceptors (Lipinski definition) is 10. The van der Waals surface area contributed by atoms with E-state index >= 15 is 0 Å². The van der Waals surface area contributed by atoms with Gasteiger partial charge in [-0.15, -0.1) is 0 Å². The molecule has 0 spiro atoms. The number of halogens is 5. The minimum atomic E-state index is -4.80. The Morgan fingerprint density at radius 2 is 1.11 bits per heavy atom. The van der Waals surface area contributed by atoms with Crippen LogP contribution in [0.1, 0.15) is 11.1 Å². The van der Waals surface area contributed by atoms with Gasteiger partial charge in [0.1, 0.15) is 5.75 Å². The molecule has 0 aliphatic carbocycles. The Kier molecular flexibility index (Phi) is 13.6. The fourth-order valence-corrected chi connectivity index (χ4v) is 8.57. The van der Waals surface area contributed by atoms with Gasteiger partial charge in [0, 0.05) is 42.2 Å². The van der Waals surface area contributed by atoms with Gasteiger partial charge in [0.05, 0.1) is 44.8 Å². The molecule has 0 aliphatic heterocycles. The van der Waals surface area contributed by atoms with Crippen molar-refractivity contribution in [1.82, 2.24) is 20.0 Å². The fourth-order valence-electron chi connectivity index (χ4n) is 5.68. The zero-order chi connectivity index (χ0) is 44.7. The zero-order valence-corrected chi connectivity index (χ0v) is 34.5. The molecule has 2 aromatic heterocycles. The molecule has 0 aliphatic rings. The summed E-state index contributed by atoms with van der Waals surface area (Å²) in [5, 5.41) is 7.57. The lowest BCUT2D eigenvalue weighted by atomic mass is 10.2. The number of carbonyl (C=O) groups excluding carboxylic acids is 2. The van der Waals surface area contributed by atoms with Crippen LogP contribution in [0.25, 0.3) is 0 Å². The van der Waals surface area contributed by atoms with Gasteiger partial charge in [0.15, 0.2) is 18.2 Å². The van der Waals surface area contributed by atoms with E-state index in [0.29, 0.717) is 23.3 Å². The SMILES string of the molecule is COc1ccc(S(=O)(=O)c2ccc(NC(=O)N(Cc3cccnc3)N(Cc3cccnc3)C(=O)Nc3ccc(S(=O)(=O)c4ccc(F)c(OCC(F)(F)F)c4)cc3)cc2)cc1Cl. The van der Waals surface area contributed by atoms with Gasteiger partial charge in [-0.3, -0.25) is 9.97 Å². The number of anilines is 2. The van der Waals surface area contributed by atoms with E-state index in [4.69, 9.17) is 16.3 Å². The van der Waals surface area contributed by atoms with Gasteiger partial charge in [-0.25, -0.2) is 40.8 Å². The number of alkyl halides is 3. The number of aromatic nitrogens is 2. The summed E-state index contributed by atoms with van der Waals surface area (Å²) in [6.45, 7) is -2.27. The number of rotatable bonds is 13. The Morgan fingerprint density at radius 3 is 1.53 bits per heavy atom. The van der Waals surface area contributed by atoms with Crippen LogP contribution in [-0.2, 0) is 32.8 Å². The van der Waals surface area contributed by atoms with E-state index in [1.807, 2.05) is 0 Å². The Hall–Kier alpha value is -6.77. The van der Waals surface area contributed by atoms with Gasteiger partial charge < -0.3 is 20.1 Å². The number of carbonyl (C=O) groups is 2. The number of nitrogens with one attached hydrogen (secondary N) is 2. The van der Waals surface area contributed by atoms with Crippen molar-refractivity contribution >= 4 is 54.7 Å². The highest BCUT2D eigenvalue weighted by Gasteiger charge is 2.31. The topological polar surface area (TPSA) is 177 Å². The second-order valence-corrected chi connectivity index (χ2v) is 17.4. The largest absolute Gasteiger partial charge is 0.495 e. The first kappa shape index (κ1) is 44.8. The lowest BCUT2D eigenvalue weighted by Crippen LogP contribution is -2.52. The molecule has 4 amide bonds. The summed E-state index contributed by atoms with van der Waals surface area (Å²) in [6, 6.07) is 21.1. The van der Waals surface area contributed by atoms with E-state index in [0.717, 1.165) is 28.2 Å². The molecule has 0 saturated carbocycles. The summed E-state index contributed by atoms with van der Waals surface area (Å²) >= 11 is 6.17. The van der Waals surface area contributed by atoms with Gasteiger partial charge in [-0.1, -0.05) is 23.7 Å². The van der Waals surface area contributed by atoms with Crippen LogP contribution in [0.15, 0.2) is 154 Å². The van der Waals surface area contributed by atoms with Crippen LogP contribution in [0.4, 0.5) is 38.5 Å². The second kappa shape index (κ2) is 18.9. The van der Waals surface area contributed by atoms with Crippen LogP contribution < -0.4 is 20.1 Å². The van der Waals surface area contributed by atoms with Crippen molar-refractivity contribution < 1.29 is 53.5 Å². The van der Waals surface area contributed by atoms with E-state index < -0.39 is 61.0 Å². The zero-order valence-electron chi connectivity index (χ0n) is 32.1. The number of methoxy groups -OCH3 is 1. The Morgan fingerprint density at radius 1 is 0.661 bits per heavy atom. The van der Waals surface area contributed by atoms with Crippen molar-refractivity contribution in [2.24, 2.45) is 0 Å². The van der Waals surface area contributed by atoms with Crippen molar-refractivity contribution in [2.75, 3.05) is 24.4 Å². The third kappa shape index (κ3) is 10.9. The molecule has 2 heterocycles. The third-order valence-electron chi connectivity index (χ3n) is 8.74. The molecule has 0 fully saturated rings. The molecule has 0 saturated heterocycles. The maximum absolute atomic E-state index is 14.2. The summed E-state index contributed by atoms with van der Waals surface area (Å²) in [6.07, 6.45) is 1.19. The molecule has 2 N–H and O–H groups in total. The molecule has 6 aromatic rings. The average Bonchev–Trinajstić information content (AvgIpc) is 3.25. The molecular weight excluding hydrogens is 880 g/mol. The van der Waals surface area contributed by atoms with E-state index in [9.17, 15) is 44.0 Å². The van der Waals surface area contributed by atoms with E-state index in [2.05, 4.69) is 25.3 Å². The maximum Gasteiger partial charge on any atom is 0.422 e. The van der Waals surface area contributed by atoms with E-state index in [1.165, 1.54) is 86.5 Å². The third-order valence-corrected chi connectivity index (χ3v) is 12.6. The van der Waals surface area contributed by atoms with Crippen molar-refractivity contribution in [3.63, 3.8) is 0 Å². The normalized spacial score (nSPS) is 11.6.